The van der Waals surface area contributed by atoms with Gasteiger partial charge in [0.2, 0.25) is 0 Å². The molecule has 6 unspecified atom stereocenters. The Kier molecular flexibility index (Phi) is 16.4. The fourth-order valence-electron chi connectivity index (χ4n) is 12.0. The third kappa shape index (κ3) is 10.9. The number of ketones is 2. The van der Waals surface area contributed by atoms with Crippen molar-refractivity contribution < 1.29 is 29.9 Å². The predicted octanol–water partition coefficient (Wildman–Crippen LogP) is 6.42. The summed E-state index contributed by atoms with van der Waals surface area (Å²) in [5.41, 5.74) is 6.48. The Labute approximate surface area is 310 Å². The van der Waals surface area contributed by atoms with Crippen LogP contribution in [-0.2, 0) is 14.3 Å². The van der Waals surface area contributed by atoms with Gasteiger partial charge in [0.05, 0.1) is 25.2 Å². The molecule has 0 spiro atoms. The first kappa shape index (κ1) is 40.9. The van der Waals surface area contributed by atoms with Crippen molar-refractivity contribution in [2.75, 3.05) is 20.3 Å². The quantitative estimate of drug-likeness (QED) is 0.105. The molecule has 4 aliphatic carbocycles. The van der Waals surface area contributed by atoms with Crippen molar-refractivity contribution in [3.8, 4) is 11.8 Å². The van der Waals surface area contributed by atoms with Crippen LogP contribution in [0.1, 0.15) is 149 Å². The monoisotopic (exact) mass is 712 g/mol. The molecule has 0 aromatic carbocycles. The van der Waals surface area contributed by atoms with Gasteiger partial charge in [0.1, 0.15) is 17.7 Å². The van der Waals surface area contributed by atoms with Crippen molar-refractivity contribution in [1.82, 2.24) is 0 Å². The lowest BCUT2D eigenvalue weighted by atomic mass is 9.62. The SMILES string of the molecule is CCCCC[C@@H]1[C@H]([C@H](CO)CCC)C[C@@H](CC2CC[NH2+]C(N)C2)C[C@@H]2C#C[C@@H](C3CCCCC3)C3CC(O)C(OC)CC3CCC(=O)CC(=O)[C@@H]12. The summed E-state index contributed by atoms with van der Waals surface area (Å²) in [6.07, 6.45) is 19.7. The van der Waals surface area contributed by atoms with Crippen LogP contribution >= 0.6 is 0 Å². The number of carbonyl (C=O) groups excluding carboxylic acids is 2. The summed E-state index contributed by atoms with van der Waals surface area (Å²) in [5.74, 6) is 10.5. The van der Waals surface area contributed by atoms with E-state index in [1.807, 2.05) is 0 Å². The minimum absolute atomic E-state index is 0.00909. The van der Waals surface area contributed by atoms with Crippen molar-refractivity contribution >= 4 is 11.6 Å². The van der Waals surface area contributed by atoms with E-state index < -0.39 is 6.10 Å². The number of fused-ring (bicyclic) bond motifs is 2. The van der Waals surface area contributed by atoms with Crippen LogP contribution in [0.5, 0.6) is 0 Å². The second-order valence-corrected chi connectivity index (χ2v) is 18.0. The minimum Gasteiger partial charge on any atom is -0.396 e. The van der Waals surface area contributed by atoms with Gasteiger partial charge < -0.3 is 20.3 Å². The molecule has 0 aromatic heterocycles. The van der Waals surface area contributed by atoms with Crippen LogP contribution in [0, 0.1) is 76.9 Å². The largest absolute Gasteiger partial charge is 0.396 e. The first-order valence-electron chi connectivity index (χ1n) is 21.7. The summed E-state index contributed by atoms with van der Waals surface area (Å²) in [4.78, 5) is 28.7. The maximum atomic E-state index is 14.8. The summed E-state index contributed by atoms with van der Waals surface area (Å²) in [7, 11) is 1.69. The number of piperidine rings is 1. The fourth-order valence-corrected chi connectivity index (χ4v) is 12.0. The Morgan fingerprint density at radius 3 is 2.43 bits per heavy atom. The molecule has 290 valence electrons. The Hall–Kier alpha value is -1.30. The number of Topliss-reactive ketones (excluding diaryl/α,β-unsaturated/α-hetero) is 2. The Bertz CT molecular complexity index is 1140. The van der Waals surface area contributed by atoms with Crippen LogP contribution in [0.15, 0.2) is 0 Å². The van der Waals surface area contributed by atoms with Crippen molar-refractivity contribution in [2.24, 2.45) is 70.8 Å². The van der Waals surface area contributed by atoms with Crippen LogP contribution in [0.25, 0.3) is 0 Å². The number of nitrogens with two attached hydrogens (primary N) is 2. The third-order valence-electron chi connectivity index (χ3n) is 14.6. The molecule has 5 aliphatic rings. The van der Waals surface area contributed by atoms with E-state index in [0.717, 1.165) is 83.6 Å². The van der Waals surface area contributed by atoms with E-state index in [-0.39, 0.29) is 84.2 Å². The third-order valence-corrected chi connectivity index (χ3v) is 14.6. The standard InChI is InChI=1S/C44H74N2O5/c1-4-6-8-14-37-38(34(28-47)11-5-2)23-30(21-29-19-20-46-43(45)24-29)22-33-16-18-36(31-12-9-7-10-13-31)39-27-40(49)42(51-3)25-32(39)15-17-35(48)26-41(50)44(33)37/h29-34,36-40,42-44,46-47,49H,4-15,17,19-28,45H2,1-3H3/p+1/t29?,30-,32?,33-,34-,36-,37+,38-,39?,40?,42?,43?,44+/m0/s1. The van der Waals surface area contributed by atoms with Gasteiger partial charge in [-0.25, -0.2) is 0 Å². The van der Waals surface area contributed by atoms with Gasteiger partial charge in [-0.1, -0.05) is 70.6 Å². The van der Waals surface area contributed by atoms with E-state index in [1.165, 1.54) is 38.5 Å². The zero-order chi connectivity index (χ0) is 36.3. The molecule has 7 heteroatoms. The van der Waals surface area contributed by atoms with Crippen molar-refractivity contribution in [2.45, 2.75) is 167 Å². The molecule has 3 saturated carbocycles. The van der Waals surface area contributed by atoms with Gasteiger partial charge >= 0.3 is 0 Å². The molecule has 1 aliphatic heterocycles. The number of unbranched alkanes of at least 4 members (excludes halogenated alkanes) is 2. The summed E-state index contributed by atoms with van der Waals surface area (Å²) in [6, 6.07) is 0. The molecular weight excluding hydrogens is 636 g/mol. The van der Waals surface area contributed by atoms with Crippen LogP contribution in [-0.4, -0.2) is 60.4 Å². The highest BCUT2D eigenvalue weighted by molar-refractivity contribution is 6.00. The summed E-state index contributed by atoms with van der Waals surface area (Å²) in [6.45, 7) is 5.69. The Morgan fingerprint density at radius 1 is 0.922 bits per heavy atom. The molecule has 0 radical (unpaired) electrons. The van der Waals surface area contributed by atoms with E-state index in [4.69, 9.17) is 10.5 Å². The molecule has 7 nitrogen and oxygen atoms in total. The molecule has 0 amide bonds. The molecule has 51 heavy (non-hydrogen) atoms. The lowest BCUT2D eigenvalue weighted by Crippen LogP contribution is -2.94. The number of methoxy groups -OCH3 is 1. The summed E-state index contributed by atoms with van der Waals surface area (Å²) >= 11 is 0. The number of aliphatic hydroxyl groups excluding tert-OH is 2. The van der Waals surface area contributed by atoms with E-state index in [0.29, 0.717) is 30.6 Å². The van der Waals surface area contributed by atoms with Crippen molar-refractivity contribution in [1.29, 1.82) is 0 Å². The highest BCUT2D eigenvalue weighted by Gasteiger charge is 2.47. The molecule has 13 atom stereocenters. The number of quaternary nitrogens is 1. The summed E-state index contributed by atoms with van der Waals surface area (Å²) in [5, 5.41) is 24.5. The number of ether oxygens (including phenoxy) is 1. The molecule has 0 bridgehead atoms. The first-order chi connectivity index (χ1) is 24.8. The molecule has 5 rings (SSSR count). The molecular formula is C44H75N2O5+. The number of aliphatic hydroxyl groups is 2. The van der Waals surface area contributed by atoms with Gasteiger partial charge in [-0.3, -0.25) is 15.3 Å². The second kappa shape index (κ2) is 20.4. The maximum absolute atomic E-state index is 14.8. The normalized spacial score (nSPS) is 39.3. The predicted molar refractivity (Wildman–Crippen MR) is 203 cm³/mol. The Morgan fingerprint density at radius 2 is 1.73 bits per heavy atom. The average molecular weight is 712 g/mol. The summed E-state index contributed by atoms with van der Waals surface area (Å²) < 4.78 is 5.77. The van der Waals surface area contributed by atoms with Gasteiger partial charge in [0.15, 0.2) is 0 Å². The molecule has 1 saturated heterocycles. The van der Waals surface area contributed by atoms with Crippen LogP contribution in [0.2, 0.25) is 0 Å². The Balaban J connectivity index is 1.60. The highest BCUT2D eigenvalue weighted by atomic mass is 16.5. The molecule has 0 aromatic rings. The van der Waals surface area contributed by atoms with E-state index in [1.54, 1.807) is 7.11 Å². The van der Waals surface area contributed by atoms with Gasteiger partial charge in [0.25, 0.3) is 0 Å². The van der Waals surface area contributed by atoms with Gasteiger partial charge in [-0.15, -0.1) is 0 Å². The van der Waals surface area contributed by atoms with Crippen molar-refractivity contribution in [3.63, 3.8) is 0 Å². The smallest absolute Gasteiger partial charge is 0.144 e. The zero-order valence-electron chi connectivity index (χ0n) is 32.6. The van der Waals surface area contributed by atoms with Crippen molar-refractivity contribution in [3.05, 3.63) is 0 Å². The van der Waals surface area contributed by atoms with Gasteiger partial charge in [-0.2, -0.15) is 0 Å². The fraction of sp³-hybridized carbons (Fsp3) is 0.909. The van der Waals surface area contributed by atoms with Crippen LogP contribution < -0.4 is 11.1 Å². The van der Waals surface area contributed by atoms with E-state index in [9.17, 15) is 19.8 Å². The first-order valence-corrected chi connectivity index (χ1v) is 21.7. The lowest BCUT2D eigenvalue weighted by molar-refractivity contribution is -0.699. The molecule has 6 N–H and O–H groups in total. The van der Waals surface area contributed by atoms with Gasteiger partial charge in [0, 0.05) is 44.3 Å². The topological polar surface area (TPSA) is 126 Å². The van der Waals surface area contributed by atoms with Crippen LogP contribution in [0.3, 0.4) is 0 Å². The number of carbonyl (C=O) groups is 2. The number of hydrogen-bond acceptors (Lipinski definition) is 6. The molecule has 4 fully saturated rings. The second-order valence-electron chi connectivity index (χ2n) is 18.0. The zero-order valence-corrected chi connectivity index (χ0v) is 32.6. The van der Waals surface area contributed by atoms with Crippen LogP contribution in [0.4, 0.5) is 0 Å². The van der Waals surface area contributed by atoms with E-state index >= 15 is 0 Å². The average Bonchev–Trinajstić information content (AvgIpc) is 3.26. The number of hydrogen-bond donors (Lipinski definition) is 4. The maximum Gasteiger partial charge on any atom is 0.144 e. The molecule has 1 heterocycles. The number of rotatable bonds is 12. The highest BCUT2D eigenvalue weighted by Crippen LogP contribution is 2.50. The minimum atomic E-state index is -0.513. The van der Waals surface area contributed by atoms with E-state index in [2.05, 4.69) is 31.0 Å². The van der Waals surface area contributed by atoms with Gasteiger partial charge in [-0.05, 0) is 118 Å². The lowest BCUT2D eigenvalue weighted by Gasteiger charge is -2.44.